The minimum Gasteiger partial charge on any atom is -0.355 e. The number of halogens is 1. The summed E-state index contributed by atoms with van der Waals surface area (Å²) >= 11 is 8.86. The second-order valence-corrected chi connectivity index (χ2v) is 8.95. The standard InChI is InChI=1S/C15H19ClN4OS2/c1-9(12(21)17-11-8-6-5-7-10(11)16)22-14-20-19-13(23-14)18-15(2,3)4/h5-9H,1-4H3,(H,17,21)(H,18,19). The SMILES string of the molecule is CC(Sc1nnc(NC(C)(C)C)s1)C(=O)Nc1ccccc1Cl. The van der Waals surface area contributed by atoms with Crippen molar-refractivity contribution < 1.29 is 4.79 Å². The Morgan fingerprint density at radius 2 is 2.00 bits per heavy atom. The van der Waals surface area contributed by atoms with Crippen LogP contribution in [0, 0.1) is 0 Å². The molecule has 1 unspecified atom stereocenters. The lowest BCUT2D eigenvalue weighted by Gasteiger charge is -2.18. The predicted molar refractivity (Wildman–Crippen MR) is 98.7 cm³/mol. The number of hydrogen-bond donors (Lipinski definition) is 2. The van der Waals surface area contributed by atoms with Gasteiger partial charge in [-0.3, -0.25) is 4.79 Å². The maximum absolute atomic E-state index is 12.3. The summed E-state index contributed by atoms with van der Waals surface area (Å²) in [5, 5.41) is 15.3. The number of carbonyl (C=O) groups excluding carboxylic acids is 1. The summed E-state index contributed by atoms with van der Waals surface area (Å²) in [6.45, 7) is 8.00. The average molecular weight is 371 g/mol. The molecule has 0 saturated carbocycles. The van der Waals surface area contributed by atoms with Gasteiger partial charge in [-0.2, -0.15) is 0 Å². The van der Waals surface area contributed by atoms with Crippen molar-refractivity contribution in [2.45, 2.75) is 42.8 Å². The minimum atomic E-state index is -0.304. The van der Waals surface area contributed by atoms with Gasteiger partial charge in [0.25, 0.3) is 0 Å². The largest absolute Gasteiger partial charge is 0.355 e. The molecule has 0 aliphatic carbocycles. The zero-order valence-electron chi connectivity index (χ0n) is 13.4. The first-order valence-corrected chi connectivity index (χ1v) is 9.16. The molecule has 0 saturated heterocycles. The lowest BCUT2D eigenvalue weighted by atomic mass is 10.1. The minimum absolute atomic E-state index is 0.0749. The molecule has 8 heteroatoms. The number of nitrogens with one attached hydrogen (secondary N) is 2. The van der Waals surface area contributed by atoms with Crippen LogP contribution >= 0.6 is 34.7 Å². The third-order valence-corrected chi connectivity index (χ3v) is 5.02. The summed E-state index contributed by atoms with van der Waals surface area (Å²) in [7, 11) is 0. The van der Waals surface area contributed by atoms with Crippen LogP contribution in [0.15, 0.2) is 28.6 Å². The zero-order valence-corrected chi connectivity index (χ0v) is 15.8. The van der Waals surface area contributed by atoms with E-state index in [1.165, 1.54) is 23.1 Å². The van der Waals surface area contributed by atoms with Gasteiger partial charge < -0.3 is 10.6 Å². The van der Waals surface area contributed by atoms with Crippen LogP contribution in [-0.4, -0.2) is 26.9 Å². The Kier molecular flexibility index (Phi) is 5.89. The van der Waals surface area contributed by atoms with Crippen molar-refractivity contribution in [3.8, 4) is 0 Å². The van der Waals surface area contributed by atoms with E-state index in [1.54, 1.807) is 12.1 Å². The number of aromatic nitrogens is 2. The number of carbonyl (C=O) groups is 1. The molecule has 23 heavy (non-hydrogen) atoms. The molecule has 5 nitrogen and oxygen atoms in total. The van der Waals surface area contributed by atoms with Crippen molar-refractivity contribution in [1.29, 1.82) is 0 Å². The van der Waals surface area contributed by atoms with Crippen molar-refractivity contribution in [2.75, 3.05) is 10.6 Å². The van der Waals surface area contributed by atoms with E-state index in [4.69, 9.17) is 11.6 Å². The van der Waals surface area contributed by atoms with E-state index in [2.05, 4.69) is 41.6 Å². The molecule has 2 rings (SSSR count). The number of para-hydroxylation sites is 1. The molecule has 2 N–H and O–H groups in total. The van der Waals surface area contributed by atoms with Gasteiger partial charge in [0.15, 0.2) is 4.34 Å². The molecule has 0 aliphatic heterocycles. The highest BCUT2D eigenvalue weighted by atomic mass is 35.5. The molecule has 0 fully saturated rings. The summed E-state index contributed by atoms with van der Waals surface area (Å²) in [6, 6.07) is 7.16. The van der Waals surface area contributed by atoms with E-state index < -0.39 is 0 Å². The Labute approximate surface area is 149 Å². The van der Waals surface area contributed by atoms with Gasteiger partial charge in [-0.05, 0) is 39.8 Å². The monoisotopic (exact) mass is 370 g/mol. The van der Waals surface area contributed by atoms with Crippen LogP contribution in [0.25, 0.3) is 0 Å². The fraction of sp³-hybridized carbons (Fsp3) is 0.400. The number of nitrogens with zero attached hydrogens (tertiary/aromatic N) is 2. The Balaban J connectivity index is 1.95. The maximum Gasteiger partial charge on any atom is 0.237 e. The molecule has 0 aliphatic rings. The van der Waals surface area contributed by atoms with E-state index in [1.807, 2.05) is 19.1 Å². The first-order chi connectivity index (χ1) is 10.7. The summed E-state index contributed by atoms with van der Waals surface area (Å²) < 4.78 is 0.749. The van der Waals surface area contributed by atoms with Crippen molar-refractivity contribution in [1.82, 2.24) is 10.2 Å². The highest BCUT2D eigenvalue weighted by molar-refractivity contribution is 8.02. The third kappa shape index (κ3) is 5.67. The molecule has 1 atom stereocenters. The number of amides is 1. The number of anilines is 2. The van der Waals surface area contributed by atoms with Crippen LogP contribution in [0.2, 0.25) is 5.02 Å². The van der Waals surface area contributed by atoms with Gasteiger partial charge in [0.05, 0.1) is 16.0 Å². The normalized spacial score (nSPS) is 12.7. The molecule has 0 radical (unpaired) electrons. The molecule has 2 aromatic rings. The van der Waals surface area contributed by atoms with Gasteiger partial charge in [-0.15, -0.1) is 10.2 Å². The summed E-state index contributed by atoms with van der Waals surface area (Å²) in [5.74, 6) is -0.122. The van der Waals surface area contributed by atoms with Crippen molar-refractivity contribution in [2.24, 2.45) is 0 Å². The fourth-order valence-electron chi connectivity index (χ4n) is 1.63. The smallest absolute Gasteiger partial charge is 0.237 e. The van der Waals surface area contributed by atoms with Crippen LogP contribution in [0.5, 0.6) is 0 Å². The van der Waals surface area contributed by atoms with Crippen LogP contribution in [0.4, 0.5) is 10.8 Å². The molecule has 1 aromatic heterocycles. The predicted octanol–water partition coefficient (Wildman–Crippen LogP) is 4.52. The number of rotatable bonds is 5. The van der Waals surface area contributed by atoms with Gasteiger partial charge in [-0.1, -0.05) is 46.8 Å². The lowest BCUT2D eigenvalue weighted by Crippen LogP contribution is -2.25. The highest BCUT2D eigenvalue weighted by Gasteiger charge is 2.19. The van der Waals surface area contributed by atoms with E-state index in [-0.39, 0.29) is 16.7 Å². The Hall–Kier alpha value is -1.31. The number of thioether (sulfide) groups is 1. The molecule has 1 aromatic carbocycles. The lowest BCUT2D eigenvalue weighted by molar-refractivity contribution is -0.115. The van der Waals surface area contributed by atoms with Gasteiger partial charge in [-0.25, -0.2) is 0 Å². The van der Waals surface area contributed by atoms with Crippen molar-refractivity contribution in [3.63, 3.8) is 0 Å². The van der Waals surface area contributed by atoms with Gasteiger partial charge >= 0.3 is 0 Å². The van der Waals surface area contributed by atoms with Crippen LogP contribution in [0.3, 0.4) is 0 Å². The molecular formula is C15H19ClN4OS2. The van der Waals surface area contributed by atoms with E-state index in [0.717, 1.165) is 9.47 Å². The van der Waals surface area contributed by atoms with Gasteiger partial charge in [0.1, 0.15) is 0 Å². The van der Waals surface area contributed by atoms with Gasteiger partial charge in [0, 0.05) is 5.54 Å². The van der Waals surface area contributed by atoms with Crippen molar-refractivity contribution in [3.05, 3.63) is 29.3 Å². The van der Waals surface area contributed by atoms with E-state index >= 15 is 0 Å². The molecule has 1 amide bonds. The quantitative estimate of drug-likeness (QED) is 0.757. The molecule has 0 bridgehead atoms. The van der Waals surface area contributed by atoms with E-state index in [0.29, 0.717) is 10.7 Å². The zero-order chi connectivity index (χ0) is 17.0. The summed E-state index contributed by atoms with van der Waals surface area (Å²) in [6.07, 6.45) is 0. The van der Waals surface area contributed by atoms with Crippen LogP contribution in [0.1, 0.15) is 27.7 Å². The molecule has 124 valence electrons. The summed E-state index contributed by atoms with van der Waals surface area (Å²) in [5.41, 5.74) is 0.535. The second-order valence-electron chi connectivity index (χ2n) is 5.98. The van der Waals surface area contributed by atoms with Crippen molar-refractivity contribution >= 4 is 51.4 Å². The maximum atomic E-state index is 12.3. The van der Waals surface area contributed by atoms with Crippen LogP contribution in [-0.2, 0) is 4.79 Å². The Bertz CT molecular complexity index is 684. The van der Waals surface area contributed by atoms with E-state index in [9.17, 15) is 4.79 Å². The number of hydrogen-bond acceptors (Lipinski definition) is 6. The second kappa shape index (κ2) is 7.51. The first-order valence-electron chi connectivity index (χ1n) is 7.08. The third-order valence-electron chi connectivity index (χ3n) is 2.67. The first kappa shape index (κ1) is 18.0. The summed E-state index contributed by atoms with van der Waals surface area (Å²) in [4.78, 5) is 12.3. The Morgan fingerprint density at radius 3 is 2.65 bits per heavy atom. The highest BCUT2D eigenvalue weighted by Crippen LogP contribution is 2.31. The average Bonchev–Trinajstić information content (AvgIpc) is 2.86. The Morgan fingerprint density at radius 1 is 1.30 bits per heavy atom. The molecule has 0 spiro atoms. The number of benzene rings is 1. The molecule has 1 heterocycles. The topological polar surface area (TPSA) is 66.9 Å². The fourth-order valence-corrected chi connectivity index (χ4v) is 3.92. The van der Waals surface area contributed by atoms with Crippen LogP contribution < -0.4 is 10.6 Å². The molecular weight excluding hydrogens is 352 g/mol. The van der Waals surface area contributed by atoms with Gasteiger partial charge in [0.2, 0.25) is 11.0 Å².